The smallest absolute Gasteiger partial charge is 0.384 e. The van der Waals surface area contributed by atoms with Crippen molar-refractivity contribution in [2.24, 2.45) is 0 Å². The number of methoxy groups -OCH3 is 1. The average Bonchev–Trinajstić information content (AvgIpc) is 2.49. The number of hydrogen-bond donors (Lipinski definition) is 1. The fourth-order valence-electron chi connectivity index (χ4n) is 1.24. The molecule has 1 heterocycles. The maximum absolute atomic E-state index is 10.7. The highest BCUT2D eigenvalue weighted by Gasteiger charge is 2.25. The topological polar surface area (TPSA) is 38.3 Å². The van der Waals surface area contributed by atoms with Gasteiger partial charge in [0, 0.05) is 5.92 Å². The molecule has 1 rings (SSSR count). The summed E-state index contributed by atoms with van der Waals surface area (Å²) in [5.74, 6) is 4.85. The van der Waals surface area contributed by atoms with Gasteiger partial charge in [-0.15, -0.1) is 0 Å². The molecule has 0 amide bonds. The molecule has 3 heteroatoms. The number of nitrogens with one attached hydrogen (secondary N) is 1. The fraction of sp³-hybridized carbons (Fsp3) is 0.667. The molecule has 0 aromatic heterocycles. The van der Waals surface area contributed by atoms with Crippen molar-refractivity contribution in [2.75, 3.05) is 13.7 Å². The first-order chi connectivity index (χ1) is 5.66. The number of carbonyl (C=O) groups is 1. The Morgan fingerprint density at radius 2 is 2.42 bits per heavy atom. The van der Waals surface area contributed by atoms with Gasteiger partial charge in [0.2, 0.25) is 0 Å². The second-order valence-electron chi connectivity index (χ2n) is 3.10. The lowest BCUT2D eigenvalue weighted by atomic mass is 10.0. The molecule has 0 bridgehead atoms. The van der Waals surface area contributed by atoms with Crippen LogP contribution in [0.15, 0.2) is 0 Å². The first kappa shape index (κ1) is 9.08. The van der Waals surface area contributed by atoms with Crippen LogP contribution < -0.4 is 5.32 Å². The van der Waals surface area contributed by atoms with E-state index in [0.29, 0.717) is 0 Å². The third kappa shape index (κ3) is 2.24. The Kier molecular flexibility index (Phi) is 2.72. The zero-order valence-electron chi connectivity index (χ0n) is 7.44. The van der Waals surface area contributed by atoms with Gasteiger partial charge in [-0.25, -0.2) is 4.79 Å². The molecule has 0 unspecified atom stereocenters. The zero-order chi connectivity index (χ0) is 9.03. The second-order valence-corrected chi connectivity index (χ2v) is 3.10. The molecule has 1 fully saturated rings. The van der Waals surface area contributed by atoms with Gasteiger partial charge in [0.1, 0.15) is 0 Å². The summed E-state index contributed by atoms with van der Waals surface area (Å²) >= 11 is 0. The third-order valence-electron chi connectivity index (χ3n) is 1.99. The SMILES string of the molecule is COC(=O)C#C[C@]1(C)CCCN1. The van der Waals surface area contributed by atoms with Gasteiger partial charge in [-0.3, -0.25) is 0 Å². The summed E-state index contributed by atoms with van der Waals surface area (Å²) in [6, 6.07) is 0. The van der Waals surface area contributed by atoms with Crippen molar-refractivity contribution in [3.63, 3.8) is 0 Å². The van der Waals surface area contributed by atoms with Crippen molar-refractivity contribution in [1.29, 1.82) is 0 Å². The minimum atomic E-state index is -0.468. The lowest BCUT2D eigenvalue weighted by molar-refractivity contribution is -0.133. The fourth-order valence-corrected chi connectivity index (χ4v) is 1.24. The van der Waals surface area contributed by atoms with Crippen LogP contribution in [0.5, 0.6) is 0 Å². The van der Waals surface area contributed by atoms with Gasteiger partial charge in [-0.1, -0.05) is 5.92 Å². The average molecular weight is 167 g/mol. The minimum absolute atomic E-state index is 0.186. The third-order valence-corrected chi connectivity index (χ3v) is 1.99. The van der Waals surface area contributed by atoms with E-state index in [1.54, 1.807) is 0 Å². The maximum atomic E-state index is 10.7. The first-order valence-electron chi connectivity index (χ1n) is 4.02. The van der Waals surface area contributed by atoms with Crippen LogP contribution in [0.4, 0.5) is 0 Å². The highest BCUT2D eigenvalue weighted by molar-refractivity contribution is 5.88. The molecule has 1 N–H and O–H groups in total. The molecule has 0 aliphatic carbocycles. The van der Waals surface area contributed by atoms with Crippen LogP contribution in [0.1, 0.15) is 19.8 Å². The molecule has 1 aliphatic rings. The summed E-state index contributed by atoms with van der Waals surface area (Å²) in [5.41, 5.74) is -0.186. The molecular formula is C9H13NO2. The van der Waals surface area contributed by atoms with Gasteiger partial charge < -0.3 is 10.1 Å². The molecule has 1 aliphatic heterocycles. The predicted molar refractivity (Wildman–Crippen MR) is 45.4 cm³/mol. The van der Waals surface area contributed by atoms with Gasteiger partial charge in [0.05, 0.1) is 12.6 Å². The van der Waals surface area contributed by atoms with Crippen molar-refractivity contribution >= 4 is 5.97 Å². The van der Waals surface area contributed by atoms with Crippen molar-refractivity contribution < 1.29 is 9.53 Å². The van der Waals surface area contributed by atoms with Crippen LogP contribution in [0.2, 0.25) is 0 Å². The van der Waals surface area contributed by atoms with E-state index in [4.69, 9.17) is 0 Å². The monoisotopic (exact) mass is 167 g/mol. The number of hydrogen-bond acceptors (Lipinski definition) is 3. The predicted octanol–water partition coefficient (Wildman–Crippen LogP) is 0.305. The molecule has 66 valence electrons. The Morgan fingerprint density at radius 1 is 1.67 bits per heavy atom. The van der Waals surface area contributed by atoms with Gasteiger partial charge in [0.15, 0.2) is 0 Å². The maximum Gasteiger partial charge on any atom is 0.384 e. The molecule has 1 saturated heterocycles. The number of rotatable bonds is 0. The van der Waals surface area contributed by atoms with Gasteiger partial charge in [-0.2, -0.15) is 0 Å². The van der Waals surface area contributed by atoms with Crippen LogP contribution >= 0.6 is 0 Å². The lowest BCUT2D eigenvalue weighted by Gasteiger charge is -2.15. The molecule has 0 aromatic rings. The molecule has 3 nitrogen and oxygen atoms in total. The highest BCUT2D eigenvalue weighted by atomic mass is 16.5. The summed E-state index contributed by atoms with van der Waals surface area (Å²) in [7, 11) is 1.33. The van der Waals surface area contributed by atoms with Gasteiger partial charge in [0.25, 0.3) is 0 Å². The molecule has 12 heavy (non-hydrogen) atoms. The van der Waals surface area contributed by atoms with Crippen LogP contribution in [0.3, 0.4) is 0 Å². The standard InChI is InChI=1S/C9H13NO2/c1-9(5-3-7-10-9)6-4-8(11)12-2/h10H,3,5,7H2,1-2H3/t9-/m0/s1. The van der Waals surface area contributed by atoms with Gasteiger partial charge >= 0.3 is 5.97 Å². The van der Waals surface area contributed by atoms with Crippen molar-refractivity contribution in [3.05, 3.63) is 0 Å². The van der Waals surface area contributed by atoms with E-state index in [1.807, 2.05) is 6.92 Å². The van der Waals surface area contributed by atoms with E-state index < -0.39 is 5.97 Å². The summed E-state index contributed by atoms with van der Waals surface area (Å²) in [6.45, 7) is 2.97. The van der Waals surface area contributed by atoms with E-state index in [-0.39, 0.29) is 5.54 Å². The first-order valence-corrected chi connectivity index (χ1v) is 4.02. The largest absolute Gasteiger partial charge is 0.459 e. The van der Waals surface area contributed by atoms with Crippen LogP contribution in [-0.2, 0) is 9.53 Å². The van der Waals surface area contributed by atoms with E-state index in [9.17, 15) is 4.79 Å². The van der Waals surface area contributed by atoms with Crippen molar-refractivity contribution in [1.82, 2.24) is 5.32 Å². The Bertz CT molecular complexity index is 231. The van der Waals surface area contributed by atoms with Crippen LogP contribution in [0, 0.1) is 11.8 Å². The van der Waals surface area contributed by atoms with E-state index in [0.717, 1.165) is 19.4 Å². The molecule has 0 spiro atoms. The molecular weight excluding hydrogens is 154 g/mol. The van der Waals surface area contributed by atoms with E-state index in [2.05, 4.69) is 21.9 Å². The van der Waals surface area contributed by atoms with Crippen LogP contribution in [-0.4, -0.2) is 25.2 Å². The Balaban J connectivity index is 2.57. The second kappa shape index (κ2) is 3.59. The Hall–Kier alpha value is -1.01. The Labute approximate surface area is 72.5 Å². The molecule has 0 aromatic carbocycles. The molecule has 0 saturated carbocycles. The van der Waals surface area contributed by atoms with Gasteiger partial charge in [-0.05, 0) is 26.3 Å². The normalized spacial score (nSPS) is 27.5. The quantitative estimate of drug-likeness (QED) is 0.320. The van der Waals surface area contributed by atoms with E-state index >= 15 is 0 Å². The number of esters is 1. The van der Waals surface area contributed by atoms with Crippen LogP contribution in [0.25, 0.3) is 0 Å². The molecule has 1 atom stereocenters. The molecule has 0 radical (unpaired) electrons. The summed E-state index contributed by atoms with van der Waals surface area (Å²) in [5, 5.41) is 3.23. The summed E-state index contributed by atoms with van der Waals surface area (Å²) in [6.07, 6.45) is 2.11. The van der Waals surface area contributed by atoms with Crippen molar-refractivity contribution in [2.45, 2.75) is 25.3 Å². The minimum Gasteiger partial charge on any atom is -0.459 e. The summed E-state index contributed by atoms with van der Waals surface area (Å²) in [4.78, 5) is 10.7. The number of carbonyl (C=O) groups excluding carboxylic acids is 1. The summed E-state index contributed by atoms with van der Waals surface area (Å²) < 4.78 is 4.41. The van der Waals surface area contributed by atoms with Crippen molar-refractivity contribution in [3.8, 4) is 11.8 Å². The number of ether oxygens (including phenoxy) is 1. The lowest BCUT2D eigenvalue weighted by Crippen LogP contribution is -2.34. The van der Waals surface area contributed by atoms with E-state index in [1.165, 1.54) is 7.11 Å². The zero-order valence-corrected chi connectivity index (χ0v) is 7.44. The highest BCUT2D eigenvalue weighted by Crippen LogP contribution is 2.16. The Morgan fingerprint density at radius 3 is 2.92 bits per heavy atom.